The molecular weight excluding hydrogens is 224 g/mol. The van der Waals surface area contributed by atoms with E-state index in [2.05, 4.69) is 22.6 Å². The molecule has 0 unspecified atom stereocenters. The molecule has 1 heterocycles. The fraction of sp³-hybridized carbons (Fsp3) is 0.857. The predicted octanol–water partition coefficient (Wildman–Crippen LogP) is 3.28. The normalized spacial score (nSPS) is 9.00. The summed E-state index contributed by atoms with van der Waals surface area (Å²) in [5.74, 6) is 0. The molecule has 108 valence electrons. The molecule has 4 nitrogen and oxygen atoms in total. The molecule has 1 aromatic heterocycles. The zero-order valence-corrected chi connectivity index (χ0v) is 13.2. The van der Waals surface area contributed by atoms with Gasteiger partial charge in [0, 0.05) is 25.7 Å². The maximum atomic E-state index is 4.11. The van der Waals surface area contributed by atoms with Crippen LogP contribution in [0.15, 0.2) is 6.20 Å². The minimum absolute atomic E-state index is 0.963. The van der Waals surface area contributed by atoms with E-state index in [1.54, 1.807) is 0 Å². The summed E-state index contributed by atoms with van der Waals surface area (Å²) in [6.45, 7) is 12.2. The van der Waals surface area contributed by atoms with E-state index < -0.39 is 0 Å². The van der Waals surface area contributed by atoms with Crippen molar-refractivity contribution in [3.8, 4) is 0 Å². The molecule has 0 saturated carbocycles. The summed E-state index contributed by atoms with van der Waals surface area (Å²) in [5, 5.41) is 11.3. The number of nitrogens with one attached hydrogen (secondary N) is 1. The fourth-order valence-electron chi connectivity index (χ4n) is 1.34. The predicted molar refractivity (Wildman–Crippen MR) is 79.9 cm³/mol. The largest absolute Gasteiger partial charge is 0.319 e. The zero-order valence-electron chi connectivity index (χ0n) is 13.2. The van der Waals surface area contributed by atoms with Crippen LogP contribution in [0.25, 0.3) is 0 Å². The van der Waals surface area contributed by atoms with Crippen LogP contribution in [-0.4, -0.2) is 28.6 Å². The van der Waals surface area contributed by atoms with Gasteiger partial charge < -0.3 is 5.32 Å². The van der Waals surface area contributed by atoms with E-state index in [1.165, 1.54) is 19.3 Å². The molecule has 1 aromatic rings. The first kappa shape index (κ1) is 19.4. The second kappa shape index (κ2) is 16.1. The Morgan fingerprint density at radius 1 is 1.17 bits per heavy atom. The number of aryl methyl sites for hydroxylation is 1. The number of hydrogen-bond donors (Lipinski definition) is 1. The summed E-state index contributed by atoms with van der Waals surface area (Å²) < 4.78 is 1.95. The lowest BCUT2D eigenvalue weighted by Gasteiger charge is -1.97. The van der Waals surface area contributed by atoms with Gasteiger partial charge in [-0.2, -0.15) is 0 Å². The molecule has 0 aliphatic heterocycles. The van der Waals surface area contributed by atoms with Crippen LogP contribution in [0.4, 0.5) is 0 Å². The number of aromatic nitrogens is 3. The number of rotatable bonds is 7. The molecule has 4 heteroatoms. The first-order valence-electron chi connectivity index (χ1n) is 7.40. The summed E-state index contributed by atoms with van der Waals surface area (Å²) in [7, 11) is 1.95. The molecule has 0 aliphatic rings. The average Bonchev–Trinajstić information content (AvgIpc) is 2.89. The third-order valence-electron chi connectivity index (χ3n) is 2.21. The Balaban J connectivity index is 0. The summed E-state index contributed by atoms with van der Waals surface area (Å²) in [5.41, 5.74) is 1.08. The van der Waals surface area contributed by atoms with Crippen LogP contribution >= 0.6 is 0 Å². The zero-order chi connectivity index (χ0) is 14.2. The highest BCUT2D eigenvalue weighted by atomic mass is 15.4. The summed E-state index contributed by atoms with van der Waals surface area (Å²) in [4.78, 5) is 0. The molecule has 18 heavy (non-hydrogen) atoms. The monoisotopic (exact) mass is 256 g/mol. The van der Waals surface area contributed by atoms with E-state index >= 15 is 0 Å². The van der Waals surface area contributed by atoms with Crippen molar-refractivity contribution in [1.82, 2.24) is 20.3 Å². The van der Waals surface area contributed by atoms with Crippen LogP contribution < -0.4 is 5.32 Å². The van der Waals surface area contributed by atoms with Crippen molar-refractivity contribution in [3.63, 3.8) is 0 Å². The first-order chi connectivity index (χ1) is 8.86. The molecule has 0 aromatic carbocycles. The van der Waals surface area contributed by atoms with Crippen molar-refractivity contribution in [3.05, 3.63) is 11.9 Å². The Morgan fingerprint density at radius 3 is 2.39 bits per heavy atom. The van der Waals surface area contributed by atoms with Gasteiger partial charge in [0.25, 0.3) is 0 Å². The number of unbranched alkanes of at least 4 members (excludes halogenated alkanes) is 2. The van der Waals surface area contributed by atoms with Gasteiger partial charge in [-0.15, -0.1) is 5.10 Å². The fourth-order valence-corrected chi connectivity index (χ4v) is 1.34. The van der Waals surface area contributed by atoms with Crippen molar-refractivity contribution in [1.29, 1.82) is 0 Å². The average molecular weight is 256 g/mol. The molecule has 0 aliphatic carbocycles. The minimum atomic E-state index is 0.963. The maximum Gasteiger partial charge on any atom is 0.0839 e. The molecule has 1 rings (SSSR count). The molecule has 1 N–H and O–H groups in total. The highest BCUT2D eigenvalue weighted by molar-refractivity contribution is 4.92. The SMILES string of the molecule is CC.CC.CCCCCn1cc(CCNC)nn1. The second-order valence-electron chi connectivity index (χ2n) is 3.53. The third kappa shape index (κ3) is 10.3. The van der Waals surface area contributed by atoms with Crippen molar-refractivity contribution in [2.24, 2.45) is 0 Å². The van der Waals surface area contributed by atoms with Crippen molar-refractivity contribution in [2.75, 3.05) is 13.6 Å². The Hall–Kier alpha value is -0.900. The smallest absolute Gasteiger partial charge is 0.0839 e. The van der Waals surface area contributed by atoms with Crippen LogP contribution in [0.1, 0.15) is 59.6 Å². The van der Waals surface area contributed by atoms with Gasteiger partial charge in [0.1, 0.15) is 0 Å². The van der Waals surface area contributed by atoms with Crippen LogP contribution in [0, 0.1) is 0 Å². The highest BCUT2D eigenvalue weighted by Gasteiger charge is 1.99. The van der Waals surface area contributed by atoms with Gasteiger partial charge in [-0.25, -0.2) is 0 Å². The number of nitrogens with zero attached hydrogens (tertiary/aromatic N) is 3. The Labute approximate surface area is 113 Å². The van der Waals surface area contributed by atoms with E-state index in [1.807, 2.05) is 45.6 Å². The Morgan fingerprint density at radius 2 is 1.83 bits per heavy atom. The van der Waals surface area contributed by atoms with Crippen molar-refractivity contribution in [2.45, 2.75) is 66.8 Å². The lowest BCUT2D eigenvalue weighted by molar-refractivity contribution is 0.537. The van der Waals surface area contributed by atoms with Gasteiger partial charge in [-0.1, -0.05) is 52.7 Å². The maximum absolute atomic E-state index is 4.11. The summed E-state index contributed by atoms with van der Waals surface area (Å²) in [6.07, 6.45) is 6.73. The van der Waals surface area contributed by atoms with Gasteiger partial charge >= 0.3 is 0 Å². The lowest BCUT2D eigenvalue weighted by atomic mass is 10.2. The highest BCUT2D eigenvalue weighted by Crippen LogP contribution is 1.99. The summed E-state index contributed by atoms with van der Waals surface area (Å²) >= 11 is 0. The third-order valence-corrected chi connectivity index (χ3v) is 2.21. The Kier molecular flexibility index (Phi) is 17.4. The van der Waals surface area contributed by atoms with Gasteiger partial charge in [-0.05, 0) is 13.5 Å². The van der Waals surface area contributed by atoms with Crippen LogP contribution in [-0.2, 0) is 13.0 Å². The van der Waals surface area contributed by atoms with E-state index in [0.29, 0.717) is 0 Å². The quantitative estimate of drug-likeness (QED) is 0.761. The number of likely N-dealkylation sites (N-methyl/N-ethyl adjacent to an activating group) is 1. The van der Waals surface area contributed by atoms with Gasteiger partial charge in [-0.3, -0.25) is 4.68 Å². The van der Waals surface area contributed by atoms with Gasteiger partial charge in [0.2, 0.25) is 0 Å². The van der Waals surface area contributed by atoms with E-state index in [-0.39, 0.29) is 0 Å². The molecule has 0 fully saturated rings. The molecule has 0 spiro atoms. The minimum Gasteiger partial charge on any atom is -0.319 e. The Bertz CT molecular complexity index is 246. The lowest BCUT2D eigenvalue weighted by Crippen LogP contribution is -2.10. The molecule has 0 radical (unpaired) electrons. The van der Waals surface area contributed by atoms with Gasteiger partial charge in [0.15, 0.2) is 0 Å². The number of hydrogen-bond acceptors (Lipinski definition) is 3. The molecular formula is C14H32N4. The molecule has 0 atom stereocenters. The topological polar surface area (TPSA) is 42.7 Å². The molecule has 0 amide bonds. The van der Waals surface area contributed by atoms with Crippen molar-refractivity contribution >= 4 is 0 Å². The first-order valence-corrected chi connectivity index (χ1v) is 7.40. The van der Waals surface area contributed by atoms with Crippen LogP contribution in [0.3, 0.4) is 0 Å². The molecule has 0 saturated heterocycles. The second-order valence-corrected chi connectivity index (χ2v) is 3.53. The van der Waals surface area contributed by atoms with Crippen LogP contribution in [0.2, 0.25) is 0 Å². The summed E-state index contributed by atoms with van der Waals surface area (Å²) in [6, 6.07) is 0. The van der Waals surface area contributed by atoms with E-state index in [4.69, 9.17) is 0 Å². The van der Waals surface area contributed by atoms with Crippen LogP contribution in [0.5, 0.6) is 0 Å². The standard InChI is InChI=1S/C10H20N4.2C2H6/c1-3-4-5-8-14-9-10(12-13-14)6-7-11-2;2*1-2/h9,11H,3-8H2,1-2H3;2*1-2H3. The van der Waals surface area contributed by atoms with Crippen molar-refractivity contribution < 1.29 is 0 Å². The molecule has 0 bridgehead atoms. The van der Waals surface area contributed by atoms with E-state index in [9.17, 15) is 0 Å². The van der Waals surface area contributed by atoms with Gasteiger partial charge in [0.05, 0.1) is 5.69 Å². The van der Waals surface area contributed by atoms with E-state index in [0.717, 1.165) is 25.2 Å².